The van der Waals surface area contributed by atoms with Gasteiger partial charge in [0, 0.05) is 17.5 Å². The lowest BCUT2D eigenvalue weighted by Crippen LogP contribution is -2.32. The van der Waals surface area contributed by atoms with Crippen molar-refractivity contribution in [3.8, 4) is 6.07 Å². The van der Waals surface area contributed by atoms with Crippen LogP contribution < -0.4 is 0 Å². The number of Topliss-reactive ketones (excluding diaryl/α,β-unsaturated/α-hetero) is 1. The van der Waals surface area contributed by atoms with E-state index in [0.717, 1.165) is 5.69 Å². The molecule has 0 aromatic carbocycles. The maximum absolute atomic E-state index is 12.2. The van der Waals surface area contributed by atoms with Gasteiger partial charge in [0.2, 0.25) is 5.92 Å². The molecule has 1 atom stereocenters. The first kappa shape index (κ1) is 15.8. The Morgan fingerprint density at radius 2 is 2.10 bits per heavy atom. The molecule has 0 saturated heterocycles. The number of aromatic nitrogens is 1. The van der Waals surface area contributed by atoms with Crippen molar-refractivity contribution in [1.82, 2.24) is 4.98 Å². The number of esters is 1. The molecule has 0 aliphatic rings. The minimum absolute atomic E-state index is 0.300. The monoisotopic (exact) mass is 274 g/mol. The van der Waals surface area contributed by atoms with Crippen LogP contribution in [0, 0.1) is 17.2 Å². The number of carbonyl (C=O) groups excluding carboxylic acids is 2. The van der Waals surface area contributed by atoms with E-state index in [1.807, 2.05) is 6.92 Å². The van der Waals surface area contributed by atoms with Crippen LogP contribution in [0.3, 0.4) is 0 Å². The van der Waals surface area contributed by atoms with Crippen LogP contribution in [-0.2, 0) is 16.0 Å². The highest BCUT2D eigenvalue weighted by Gasteiger charge is 2.32. The van der Waals surface area contributed by atoms with Gasteiger partial charge in [0.1, 0.15) is 5.60 Å². The summed E-state index contributed by atoms with van der Waals surface area (Å²) in [4.78, 5) is 28.2. The molecule has 0 N–H and O–H groups in total. The second-order valence-corrected chi connectivity index (χ2v) is 5.35. The van der Waals surface area contributed by atoms with Crippen LogP contribution in [0.25, 0.3) is 0 Å². The Bertz CT molecular complexity index is 553. The highest BCUT2D eigenvalue weighted by molar-refractivity contribution is 6.10. The third-order valence-corrected chi connectivity index (χ3v) is 2.50. The minimum atomic E-state index is -1.44. The summed E-state index contributed by atoms with van der Waals surface area (Å²) >= 11 is 0. The quantitative estimate of drug-likeness (QED) is 0.478. The zero-order valence-corrected chi connectivity index (χ0v) is 12.1. The number of hydrogen-bond donors (Lipinski definition) is 0. The zero-order chi connectivity index (χ0) is 15.3. The molecule has 1 aromatic heterocycles. The van der Waals surface area contributed by atoms with E-state index in [0.29, 0.717) is 12.0 Å². The molecule has 0 radical (unpaired) electrons. The van der Waals surface area contributed by atoms with Crippen molar-refractivity contribution in [3.05, 3.63) is 29.6 Å². The Kier molecular flexibility index (Phi) is 4.98. The average molecular weight is 274 g/mol. The van der Waals surface area contributed by atoms with Gasteiger partial charge >= 0.3 is 5.97 Å². The lowest BCUT2D eigenvalue weighted by molar-refractivity contribution is -0.156. The van der Waals surface area contributed by atoms with E-state index in [4.69, 9.17) is 10.00 Å². The summed E-state index contributed by atoms with van der Waals surface area (Å²) in [5, 5.41) is 9.06. The highest BCUT2D eigenvalue weighted by Crippen LogP contribution is 2.15. The van der Waals surface area contributed by atoms with Crippen molar-refractivity contribution in [2.24, 2.45) is 5.92 Å². The number of nitrogens with zero attached hydrogens (tertiary/aromatic N) is 2. The second-order valence-electron chi connectivity index (χ2n) is 5.35. The molecule has 5 nitrogen and oxygen atoms in total. The maximum atomic E-state index is 12.2. The molecule has 0 aliphatic carbocycles. The van der Waals surface area contributed by atoms with Gasteiger partial charge in [-0.3, -0.25) is 14.6 Å². The van der Waals surface area contributed by atoms with Crippen LogP contribution in [0.15, 0.2) is 18.3 Å². The summed E-state index contributed by atoms with van der Waals surface area (Å²) in [7, 11) is 0. The number of aryl methyl sites for hydroxylation is 1. The predicted molar refractivity (Wildman–Crippen MR) is 72.9 cm³/mol. The fourth-order valence-corrected chi connectivity index (χ4v) is 1.57. The van der Waals surface area contributed by atoms with Gasteiger partial charge in [-0.1, -0.05) is 6.92 Å². The number of rotatable bonds is 4. The number of ether oxygens (including phenoxy) is 1. The van der Waals surface area contributed by atoms with Gasteiger partial charge in [-0.25, -0.2) is 0 Å². The van der Waals surface area contributed by atoms with Crippen LogP contribution in [0.4, 0.5) is 0 Å². The zero-order valence-electron chi connectivity index (χ0n) is 12.1. The Labute approximate surface area is 118 Å². The molecular formula is C15H18N2O3. The first-order valence-electron chi connectivity index (χ1n) is 6.40. The average Bonchev–Trinajstić information content (AvgIpc) is 2.37. The van der Waals surface area contributed by atoms with Gasteiger partial charge in [-0.05, 0) is 39.3 Å². The molecule has 0 aliphatic heterocycles. The van der Waals surface area contributed by atoms with Crippen molar-refractivity contribution in [2.75, 3.05) is 0 Å². The predicted octanol–water partition coefficient (Wildman–Crippen LogP) is 2.31. The molecule has 106 valence electrons. The van der Waals surface area contributed by atoms with E-state index in [1.165, 1.54) is 12.3 Å². The van der Waals surface area contributed by atoms with E-state index in [-0.39, 0.29) is 0 Å². The molecule has 1 unspecified atom stereocenters. The van der Waals surface area contributed by atoms with Crippen LogP contribution in [0.1, 0.15) is 43.7 Å². The minimum Gasteiger partial charge on any atom is -0.459 e. The van der Waals surface area contributed by atoms with E-state index >= 15 is 0 Å². The van der Waals surface area contributed by atoms with E-state index in [1.54, 1.807) is 32.9 Å². The molecule has 1 aromatic rings. The lowest BCUT2D eigenvalue weighted by Gasteiger charge is -2.20. The van der Waals surface area contributed by atoms with Crippen LogP contribution in [-0.4, -0.2) is 22.3 Å². The summed E-state index contributed by atoms with van der Waals surface area (Å²) in [5.74, 6) is -2.82. The largest absolute Gasteiger partial charge is 0.459 e. The smallest absolute Gasteiger partial charge is 0.331 e. The van der Waals surface area contributed by atoms with Gasteiger partial charge in [-0.15, -0.1) is 0 Å². The molecule has 20 heavy (non-hydrogen) atoms. The van der Waals surface area contributed by atoms with E-state index < -0.39 is 23.3 Å². The fourth-order valence-electron chi connectivity index (χ4n) is 1.57. The molecule has 0 bridgehead atoms. The Morgan fingerprint density at radius 1 is 1.45 bits per heavy atom. The van der Waals surface area contributed by atoms with E-state index in [2.05, 4.69) is 4.98 Å². The number of nitriles is 1. The molecule has 0 spiro atoms. The SMILES string of the molecule is CCc1cc(C(=O)C(C#N)C(=O)OC(C)(C)C)ccn1. The van der Waals surface area contributed by atoms with Crippen molar-refractivity contribution >= 4 is 11.8 Å². The van der Waals surface area contributed by atoms with Crippen molar-refractivity contribution in [3.63, 3.8) is 0 Å². The van der Waals surface area contributed by atoms with Crippen LogP contribution in [0.5, 0.6) is 0 Å². The molecule has 0 amide bonds. The Morgan fingerprint density at radius 3 is 2.60 bits per heavy atom. The van der Waals surface area contributed by atoms with Crippen molar-refractivity contribution < 1.29 is 14.3 Å². The summed E-state index contributed by atoms with van der Waals surface area (Å²) in [6.07, 6.45) is 2.17. The molecular weight excluding hydrogens is 256 g/mol. The van der Waals surface area contributed by atoms with Gasteiger partial charge in [0.25, 0.3) is 0 Å². The number of hydrogen-bond acceptors (Lipinski definition) is 5. The van der Waals surface area contributed by atoms with Gasteiger partial charge in [-0.2, -0.15) is 5.26 Å². The van der Waals surface area contributed by atoms with E-state index in [9.17, 15) is 9.59 Å². The van der Waals surface area contributed by atoms with Crippen LogP contribution >= 0.6 is 0 Å². The maximum Gasteiger partial charge on any atom is 0.331 e. The number of pyridine rings is 1. The highest BCUT2D eigenvalue weighted by atomic mass is 16.6. The molecule has 1 heterocycles. The standard InChI is InChI=1S/C15H18N2O3/c1-5-11-8-10(6-7-17-11)13(18)12(9-16)14(19)20-15(2,3)4/h6-8,12H,5H2,1-4H3. The Balaban J connectivity index is 2.98. The van der Waals surface area contributed by atoms with Crippen molar-refractivity contribution in [1.29, 1.82) is 5.26 Å². The van der Waals surface area contributed by atoms with Gasteiger partial charge in [0.05, 0.1) is 6.07 Å². The molecule has 0 fully saturated rings. The summed E-state index contributed by atoms with van der Waals surface area (Å²) in [6, 6.07) is 4.81. The van der Waals surface area contributed by atoms with Crippen LogP contribution in [0.2, 0.25) is 0 Å². The second kappa shape index (κ2) is 6.29. The first-order valence-corrected chi connectivity index (χ1v) is 6.40. The lowest BCUT2D eigenvalue weighted by atomic mass is 9.98. The van der Waals surface area contributed by atoms with Crippen molar-refractivity contribution in [2.45, 2.75) is 39.7 Å². The molecule has 0 saturated carbocycles. The third-order valence-electron chi connectivity index (χ3n) is 2.50. The summed E-state index contributed by atoms with van der Waals surface area (Å²) < 4.78 is 5.09. The fraction of sp³-hybridized carbons (Fsp3) is 0.467. The van der Waals surface area contributed by atoms with Gasteiger partial charge < -0.3 is 4.74 Å². The van der Waals surface area contributed by atoms with Gasteiger partial charge in [0.15, 0.2) is 5.78 Å². The first-order chi connectivity index (χ1) is 9.28. The summed E-state index contributed by atoms with van der Waals surface area (Å²) in [6.45, 7) is 6.97. The molecule has 1 rings (SSSR count). The Hall–Kier alpha value is -2.22. The topological polar surface area (TPSA) is 80.0 Å². The normalized spacial score (nSPS) is 12.3. The third kappa shape index (κ3) is 4.16. The number of carbonyl (C=O) groups is 2. The number of ketones is 1. The molecule has 5 heteroatoms. The summed E-state index contributed by atoms with van der Waals surface area (Å²) in [5.41, 5.74) is 0.297.